The molecule has 164 valence electrons. The number of carbonyl (C=O) groups excluding carboxylic acids is 1. The molecule has 1 aliphatic rings. The molecule has 1 saturated heterocycles. The van der Waals surface area contributed by atoms with Crippen molar-refractivity contribution in [1.29, 1.82) is 0 Å². The van der Waals surface area contributed by atoms with Gasteiger partial charge in [-0.15, -0.1) is 0 Å². The molecule has 3 rings (SSSR count). The van der Waals surface area contributed by atoms with E-state index >= 15 is 0 Å². The highest BCUT2D eigenvalue weighted by atomic mass is 35.5. The molecule has 1 heterocycles. The number of hydrogen-bond donors (Lipinski definition) is 0. The molecular formula is C22H22ClNO5S2. The van der Waals surface area contributed by atoms with Crippen molar-refractivity contribution in [1.82, 2.24) is 4.90 Å². The number of nitrogens with zero attached hydrogens (tertiary/aromatic N) is 1. The van der Waals surface area contributed by atoms with Gasteiger partial charge < -0.3 is 18.9 Å². The first-order valence-corrected chi connectivity index (χ1v) is 11.0. The van der Waals surface area contributed by atoms with Crippen molar-refractivity contribution < 1.29 is 23.7 Å². The average molecular weight is 480 g/mol. The predicted octanol–water partition coefficient (Wildman–Crippen LogP) is 5.04. The van der Waals surface area contributed by atoms with Gasteiger partial charge in [0.2, 0.25) is 0 Å². The van der Waals surface area contributed by atoms with Crippen molar-refractivity contribution >= 4 is 51.9 Å². The lowest BCUT2D eigenvalue weighted by atomic mass is 10.2. The normalized spacial score (nSPS) is 14.8. The lowest BCUT2D eigenvalue weighted by molar-refractivity contribution is -0.121. The van der Waals surface area contributed by atoms with Gasteiger partial charge in [-0.3, -0.25) is 9.69 Å². The first-order valence-electron chi connectivity index (χ1n) is 9.41. The summed E-state index contributed by atoms with van der Waals surface area (Å²) in [5.74, 6) is 2.27. The standard InChI is InChI=1S/C22H22ClNO5S2/c1-24-21(25)19(31-22(24)30)12-14-10-17(23)20(18(11-14)27-3)29-9-5-8-28-16-7-4-6-15(13-16)26-2/h4,6-7,10-13H,5,8-9H2,1-3H3/b19-12+. The zero-order valence-electron chi connectivity index (χ0n) is 17.3. The fourth-order valence-corrected chi connectivity index (χ4v) is 4.23. The molecule has 2 aromatic carbocycles. The lowest BCUT2D eigenvalue weighted by Crippen LogP contribution is -2.22. The Balaban J connectivity index is 1.60. The van der Waals surface area contributed by atoms with Crippen LogP contribution < -0.4 is 18.9 Å². The van der Waals surface area contributed by atoms with Crippen LogP contribution in [0.3, 0.4) is 0 Å². The average Bonchev–Trinajstić information content (AvgIpc) is 3.01. The van der Waals surface area contributed by atoms with Gasteiger partial charge in [0.05, 0.1) is 37.4 Å². The van der Waals surface area contributed by atoms with Gasteiger partial charge in [-0.2, -0.15) is 0 Å². The Morgan fingerprint density at radius 1 is 1.10 bits per heavy atom. The molecule has 1 aliphatic heterocycles. The fourth-order valence-electron chi connectivity index (χ4n) is 2.77. The Kier molecular flexibility index (Phi) is 8.06. The van der Waals surface area contributed by atoms with Crippen LogP contribution in [0.1, 0.15) is 12.0 Å². The van der Waals surface area contributed by atoms with Gasteiger partial charge in [0.1, 0.15) is 15.8 Å². The van der Waals surface area contributed by atoms with E-state index in [9.17, 15) is 4.79 Å². The molecule has 0 aromatic heterocycles. The van der Waals surface area contributed by atoms with Crippen LogP contribution >= 0.6 is 35.6 Å². The third kappa shape index (κ3) is 5.84. The van der Waals surface area contributed by atoms with E-state index in [1.54, 1.807) is 39.5 Å². The van der Waals surface area contributed by atoms with Gasteiger partial charge in [-0.05, 0) is 35.9 Å². The minimum atomic E-state index is -0.138. The summed E-state index contributed by atoms with van der Waals surface area (Å²) < 4.78 is 22.7. The molecule has 31 heavy (non-hydrogen) atoms. The van der Waals surface area contributed by atoms with E-state index in [1.165, 1.54) is 16.7 Å². The van der Waals surface area contributed by atoms with Gasteiger partial charge in [0.15, 0.2) is 11.5 Å². The van der Waals surface area contributed by atoms with E-state index in [4.69, 9.17) is 42.8 Å². The van der Waals surface area contributed by atoms with Gasteiger partial charge in [-0.25, -0.2) is 0 Å². The third-order valence-corrected chi connectivity index (χ3v) is 6.15. The minimum Gasteiger partial charge on any atom is -0.497 e. The number of likely N-dealkylation sites (N-methyl/N-ethyl adjacent to an activating group) is 1. The number of benzene rings is 2. The van der Waals surface area contributed by atoms with Crippen LogP contribution in [-0.4, -0.2) is 49.6 Å². The first kappa shape index (κ1) is 23.2. The summed E-state index contributed by atoms with van der Waals surface area (Å²) in [5.41, 5.74) is 0.726. The molecule has 9 heteroatoms. The first-order chi connectivity index (χ1) is 14.9. The number of hydrogen-bond acceptors (Lipinski definition) is 7. The van der Waals surface area contributed by atoms with Crippen molar-refractivity contribution in [2.75, 3.05) is 34.5 Å². The molecule has 0 atom stereocenters. The van der Waals surface area contributed by atoms with Gasteiger partial charge >= 0.3 is 0 Å². The van der Waals surface area contributed by atoms with E-state index in [2.05, 4.69) is 0 Å². The highest BCUT2D eigenvalue weighted by molar-refractivity contribution is 8.26. The third-order valence-electron chi connectivity index (χ3n) is 4.38. The van der Waals surface area contributed by atoms with Gasteiger partial charge in [0, 0.05) is 19.5 Å². The number of amides is 1. The highest BCUT2D eigenvalue weighted by Gasteiger charge is 2.28. The molecule has 0 N–H and O–H groups in total. The summed E-state index contributed by atoms with van der Waals surface area (Å²) in [6.07, 6.45) is 2.39. The van der Waals surface area contributed by atoms with Crippen molar-refractivity contribution in [2.45, 2.75) is 6.42 Å². The Labute approximate surface area is 196 Å². The Morgan fingerprint density at radius 3 is 2.52 bits per heavy atom. The largest absolute Gasteiger partial charge is 0.497 e. The molecule has 6 nitrogen and oxygen atoms in total. The number of rotatable bonds is 9. The minimum absolute atomic E-state index is 0.138. The molecule has 1 amide bonds. The molecule has 0 saturated carbocycles. The summed E-state index contributed by atoms with van der Waals surface area (Å²) in [6, 6.07) is 10.9. The summed E-state index contributed by atoms with van der Waals surface area (Å²) in [5, 5.41) is 0.395. The topological polar surface area (TPSA) is 57.2 Å². The number of ether oxygens (including phenoxy) is 4. The van der Waals surface area contributed by atoms with E-state index in [0.29, 0.717) is 45.4 Å². The number of carbonyl (C=O) groups is 1. The maximum Gasteiger partial charge on any atom is 0.265 e. The Morgan fingerprint density at radius 2 is 1.84 bits per heavy atom. The van der Waals surface area contributed by atoms with Gasteiger partial charge in [0.25, 0.3) is 5.91 Å². The van der Waals surface area contributed by atoms with Crippen molar-refractivity contribution in [3.05, 3.63) is 51.9 Å². The molecule has 0 aliphatic carbocycles. The van der Waals surface area contributed by atoms with Crippen LogP contribution in [0.25, 0.3) is 6.08 Å². The zero-order valence-corrected chi connectivity index (χ0v) is 19.7. The fraction of sp³-hybridized carbons (Fsp3) is 0.273. The smallest absolute Gasteiger partial charge is 0.265 e. The van der Waals surface area contributed by atoms with Crippen molar-refractivity contribution in [3.8, 4) is 23.0 Å². The maximum absolute atomic E-state index is 12.2. The number of methoxy groups -OCH3 is 2. The van der Waals surface area contributed by atoms with Crippen LogP contribution in [0.4, 0.5) is 0 Å². The molecule has 2 aromatic rings. The SMILES string of the molecule is COc1cccc(OCCCOc2c(Cl)cc(/C=C3/SC(=S)N(C)C3=O)cc2OC)c1. The molecule has 0 bridgehead atoms. The second-order valence-corrected chi connectivity index (χ2v) is 8.59. The van der Waals surface area contributed by atoms with Crippen LogP contribution in [0, 0.1) is 0 Å². The summed E-state index contributed by atoms with van der Waals surface area (Å²) in [6.45, 7) is 0.873. The van der Waals surface area contributed by atoms with Crippen LogP contribution in [0.15, 0.2) is 41.3 Å². The van der Waals surface area contributed by atoms with Crippen molar-refractivity contribution in [3.63, 3.8) is 0 Å². The summed E-state index contributed by atoms with van der Waals surface area (Å²) >= 11 is 12.8. The van der Waals surface area contributed by atoms with Crippen LogP contribution in [-0.2, 0) is 4.79 Å². The molecule has 1 fully saturated rings. The second-order valence-electron chi connectivity index (χ2n) is 6.50. The van der Waals surface area contributed by atoms with E-state index < -0.39 is 0 Å². The van der Waals surface area contributed by atoms with Crippen LogP contribution in [0.5, 0.6) is 23.0 Å². The lowest BCUT2D eigenvalue weighted by Gasteiger charge is -2.14. The number of thioether (sulfide) groups is 1. The predicted molar refractivity (Wildman–Crippen MR) is 128 cm³/mol. The second kappa shape index (κ2) is 10.7. The molecule has 0 radical (unpaired) electrons. The number of halogens is 1. The Bertz CT molecular complexity index is 1010. The van der Waals surface area contributed by atoms with Crippen LogP contribution in [0.2, 0.25) is 5.02 Å². The number of thiocarbonyl (C=S) groups is 1. The maximum atomic E-state index is 12.2. The molecule has 0 spiro atoms. The zero-order chi connectivity index (χ0) is 22.4. The molecule has 0 unspecified atom stereocenters. The monoisotopic (exact) mass is 479 g/mol. The van der Waals surface area contributed by atoms with E-state index in [0.717, 1.165) is 17.1 Å². The molecular weight excluding hydrogens is 458 g/mol. The van der Waals surface area contributed by atoms with E-state index in [-0.39, 0.29) is 5.91 Å². The highest BCUT2D eigenvalue weighted by Crippen LogP contribution is 2.38. The van der Waals surface area contributed by atoms with Gasteiger partial charge in [-0.1, -0.05) is 41.6 Å². The van der Waals surface area contributed by atoms with Crippen molar-refractivity contribution in [2.24, 2.45) is 0 Å². The van der Waals surface area contributed by atoms with E-state index in [1.807, 2.05) is 24.3 Å². The quantitative estimate of drug-likeness (QED) is 0.284. The summed E-state index contributed by atoms with van der Waals surface area (Å²) in [7, 11) is 4.81. The summed E-state index contributed by atoms with van der Waals surface area (Å²) in [4.78, 5) is 14.2. The Hall–Kier alpha value is -2.42.